The van der Waals surface area contributed by atoms with E-state index in [0.717, 1.165) is 35.9 Å². The lowest BCUT2D eigenvalue weighted by molar-refractivity contribution is -0.138. The molecule has 2 heterocycles. The van der Waals surface area contributed by atoms with Crippen LogP contribution >= 0.6 is 11.8 Å². The van der Waals surface area contributed by atoms with Crippen LogP contribution in [0.1, 0.15) is 31.7 Å². The average Bonchev–Trinajstić information content (AvgIpc) is 3.00. The van der Waals surface area contributed by atoms with Gasteiger partial charge in [0.1, 0.15) is 13.2 Å². The predicted octanol–water partition coefficient (Wildman–Crippen LogP) is 3.14. The van der Waals surface area contributed by atoms with E-state index in [1.807, 2.05) is 6.92 Å². The van der Waals surface area contributed by atoms with Gasteiger partial charge in [-0.25, -0.2) is 0 Å². The molecule has 2 aliphatic heterocycles. The Morgan fingerprint density at radius 1 is 1.33 bits per heavy atom. The quantitative estimate of drug-likeness (QED) is 0.512. The van der Waals surface area contributed by atoms with E-state index in [0.29, 0.717) is 23.6 Å². The van der Waals surface area contributed by atoms with E-state index in [9.17, 15) is 14.4 Å². The Morgan fingerprint density at radius 2 is 2.13 bits per heavy atom. The van der Waals surface area contributed by atoms with E-state index in [1.165, 1.54) is 7.11 Å². The van der Waals surface area contributed by atoms with Gasteiger partial charge < -0.3 is 14.4 Å². The van der Waals surface area contributed by atoms with Crippen LogP contribution in [0, 0.1) is 12.3 Å². The van der Waals surface area contributed by atoms with Crippen molar-refractivity contribution in [2.24, 2.45) is 0 Å². The summed E-state index contributed by atoms with van der Waals surface area (Å²) in [5.41, 5.74) is 0.668. The van der Waals surface area contributed by atoms with E-state index in [4.69, 9.17) is 15.9 Å². The highest BCUT2D eigenvalue weighted by Crippen LogP contribution is 2.34. The number of rotatable bonds is 6. The van der Waals surface area contributed by atoms with Crippen molar-refractivity contribution in [1.82, 2.24) is 9.80 Å². The Balaban J connectivity index is 1.73. The molecule has 158 valence electrons. The number of nitrogens with zero attached hydrogens (tertiary/aromatic N) is 2. The topological polar surface area (TPSA) is 76.2 Å². The van der Waals surface area contributed by atoms with Gasteiger partial charge >= 0.3 is 0 Å². The predicted molar refractivity (Wildman–Crippen MR) is 115 cm³/mol. The number of amides is 3. The maximum Gasteiger partial charge on any atom is 0.294 e. The molecule has 0 spiro atoms. The van der Waals surface area contributed by atoms with Crippen LogP contribution in [0.5, 0.6) is 11.5 Å². The number of carbonyl (C=O) groups is 3. The van der Waals surface area contributed by atoms with Crippen LogP contribution in [0.2, 0.25) is 0 Å². The van der Waals surface area contributed by atoms with Gasteiger partial charge in [-0.1, -0.05) is 12.0 Å². The van der Waals surface area contributed by atoms with Gasteiger partial charge in [0.25, 0.3) is 11.1 Å². The fraction of sp³-hybridized carbons (Fsp3) is 0.409. The minimum Gasteiger partial charge on any atom is -0.493 e. The molecular formula is C22H24N2O5S. The highest BCUT2D eigenvalue weighted by atomic mass is 32.2. The van der Waals surface area contributed by atoms with Crippen molar-refractivity contribution in [3.63, 3.8) is 0 Å². The summed E-state index contributed by atoms with van der Waals surface area (Å²) in [5.74, 6) is 2.68. The maximum atomic E-state index is 12.7. The number of benzene rings is 1. The summed E-state index contributed by atoms with van der Waals surface area (Å²) >= 11 is 0.827. The number of piperidine rings is 1. The van der Waals surface area contributed by atoms with Crippen LogP contribution in [0.3, 0.4) is 0 Å². The highest BCUT2D eigenvalue weighted by Gasteiger charge is 2.37. The molecule has 3 amide bonds. The first-order valence-electron chi connectivity index (χ1n) is 9.73. The van der Waals surface area contributed by atoms with Crippen molar-refractivity contribution < 1.29 is 23.9 Å². The van der Waals surface area contributed by atoms with Crippen molar-refractivity contribution in [2.75, 3.05) is 26.8 Å². The molecule has 2 saturated heterocycles. The molecule has 0 aromatic heterocycles. The maximum absolute atomic E-state index is 12.7. The Hall–Kier alpha value is -2.92. The minimum absolute atomic E-state index is 0.109. The van der Waals surface area contributed by atoms with Crippen LogP contribution < -0.4 is 9.47 Å². The normalized spacial score (nSPS) is 20.4. The lowest BCUT2D eigenvalue weighted by Gasteiger charge is -2.34. The molecule has 7 nitrogen and oxygen atoms in total. The van der Waals surface area contributed by atoms with Gasteiger partial charge in [0.15, 0.2) is 11.5 Å². The fourth-order valence-corrected chi connectivity index (χ4v) is 4.33. The van der Waals surface area contributed by atoms with Gasteiger partial charge in [0.2, 0.25) is 5.91 Å². The standard InChI is InChI=1S/C22H24N2O5S/c1-4-11-29-17-9-8-16(12-18(17)28-3)13-19-21(26)24(22(27)30-19)14-20(25)23-10-6-5-7-15(23)2/h1,8-9,12-13,15H,5-7,10-11,14H2,2-3H3/b19-13-/t15-/m1/s1. The third-order valence-electron chi connectivity index (χ3n) is 5.09. The molecule has 8 heteroatoms. The molecule has 0 unspecified atom stereocenters. The molecule has 0 bridgehead atoms. The molecule has 2 fully saturated rings. The van der Waals surface area contributed by atoms with Crippen molar-refractivity contribution in [2.45, 2.75) is 32.2 Å². The average molecular weight is 429 g/mol. The lowest BCUT2D eigenvalue weighted by Crippen LogP contribution is -2.47. The molecule has 0 saturated carbocycles. The van der Waals surface area contributed by atoms with Gasteiger partial charge in [-0.3, -0.25) is 19.3 Å². The smallest absolute Gasteiger partial charge is 0.294 e. The van der Waals surface area contributed by atoms with Gasteiger partial charge in [0.05, 0.1) is 12.0 Å². The molecule has 1 atom stereocenters. The number of imide groups is 1. The zero-order valence-electron chi connectivity index (χ0n) is 17.1. The first-order valence-corrected chi connectivity index (χ1v) is 10.6. The summed E-state index contributed by atoms with van der Waals surface area (Å²) in [7, 11) is 1.50. The molecule has 3 rings (SSSR count). The number of terminal acetylenes is 1. The van der Waals surface area contributed by atoms with E-state index < -0.39 is 11.1 Å². The number of carbonyl (C=O) groups excluding carboxylic acids is 3. The van der Waals surface area contributed by atoms with Crippen LogP contribution in [-0.4, -0.2) is 59.7 Å². The lowest BCUT2D eigenvalue weighted by atomic mass is 10.0. The second kappa shape index (κ2) is 9.72. The summed E-state index contributed by atoms with van der Waals surface area (Å²) in [4.78, 5) is 40.8. The molecule has 0 aliphatic carbocycles. The largest absolute Gasteiger partial charge is 0.493 e. The molecule has 2 aliphatic rings. The van der Waals surface area contributed by atoms with Crippen molar-refractivity contribution in [1.29, 1.82) is 0 Å². The van der Waals surface area contributed by atoms with Crippen LogP contribution in [-0.2, 0) is 9.59 Å². The zero-order valence-corrected chi connectivity index (χ0v) is 17.9. The van der Waals surface area contributed by atoms with Gasteiger partial charge in [-0.05, 0) is 61.7 Å². The molecule has 0 N–H and O–H groups in total. The third kappa shape index (κ3) is 4.79. The fourth-order valence-electron chi connectivity index (χ4n) is 3.50. The second-order valence-electron chi connectivity index (χ2n) is 7.10. The number of hydrogen-bond donors (Lipinski definition) is 0. The zero-order chi connectivity index (χ0) is 21.7. The first kappa shape index (κ1) is 21.8. The van der Waals surface area contributed by atoms with Crippen molar-refractivity contribution >= 4 is 34.9 Å². The second-order valence-corrected chi connectivity index (χ2v) is 8.10. The van der Waals surface area contributed by atoms with E-state index in [-0.39, 0.29) is 30.0 Å². The molecule has 1 aromatic rings. The van der Waals surface area contributed by atoms with Crippen LogP contribution in [0.15, 0.2) is 23.1 Å². The number of thioether (sulfide) groups is 1. The Labute approximate surface area is 180 Å². The number of ether oxygens (including phenoxy) is 2. The SMILES string of the molecule is C#CCOc1ccc(/C=C2\SC(=O)N(CC(=O)N3CCCC[C@H]3C)C2=O)cc1OC. The summed E-state index contributed by atoms with van der Waals surface area (Å²) in [6, 6.07) is 5.25. The Kier molecular flexibility index (Phi) is 7.06. The Bertz CT molecular complexity index is 921. The number of methoxy groups -OCH3 is 1. The molecular weight excluding hydrogens is 404 g/mol. The summed E-state index contributed by atoms with van der Waals surface area (Å²) in [5, 5.41) is -0.440. The van der Waals surface area contributed by atoms with Crippen LogP contribution in [0.25, 0.3) is 6.08 Å². The summed E-state index contributed by atoms with van der Waals surface area (Å²) in [6.07, 6.45) is 9.79. The van der Waals surface area contributed by atoms with Gasteiger partial charge in [-0.2, -0.15) is 0 Å². The summed E-state index contributed by atoms with van der Waals surface area (Å²) in [6.45, 7) is 2.54. The van der Waals surface area contributed by atoms with Crippen molar-refractivity contribution in [3.05, 3.63) is 28.7 Å². The monoisotopic (exact) mass is 428 g/mol. The minimum atomic E-state index is -0.463. The first-order chi connectivity index (χ1) is 14.4. The highest BCUT2D eigenvalue weighted by molar-refractivity contribution is 8.18. The van der Waals surface area contributed by atoms with Gasteiger partial charge in [0, 0.05) is 12.6 Å². The molecule has 1 aromatic carbocycles. The molecule has 0 radical (unpaired) electrons. The van der Waals surface area contributed by atoms with Crippen molar-refractivity contribution in [3.8, 4) is 23.8 Å². The number of likely N-dealkylation sites (tertiary alicyclic amines) is 1. The number of hydrogen-bond acceptors (Lipinski definition) is 6. The molecule has 30 heavy (non-hydrogen) atoms. The van der Waals surface area contributed by atoms with E-state index in [1.54, 1.807) is 29.2 Å². The van der Waals surface area contributed by atoms with E-state index in [2.05, 4.69) is 5.92 Å². The van der Waals surface area contributed by atoms with Crippen LogP contribution in [0.4, 0.5) is 4.79 Å². The summed E-state index contributed by atoms with van der Waals surface area (Å²) < 4.78 is 10.7. The third-order valence-corrected chi connectivity index (χ3v) is 5.99. The Morgan fingerprint density at radius 3 is 2.83 bits per heavy atom. The van der Waals surface area contributed by atoms with Gasteiger partial charge in [-0.15, -0.1) is 6.42 Å². The van der Waals surface area contributed by atoms with E-state index >= 15 is 0 Å².